The second-order valence-corrected chi connectivity index (χ2v) is 6.44. The molecule has 0 radical (unpaired) electrons. The van der Waals surface area contributed by atoms with Crippen LogP contribution < -0.4 is 10.1 Å². The van der Waals surface area contributed by atoms with Gasteiger partial charge in [-0.15, -0.1) is 0 Å². The molecule has 7 heteroatoms. The van der Waals surface area contributed by atoms with E-state index in [2.05, 4.69) is 20.3 Å². The van der Waals surface area contributed by atoms with Crippen LogP contribution in [0.4, 0.5) is 4.39 Å². The van der Waals surface area contributed by atoms with Gasteiger partial charge in [-0.1, -0.05) is 12.1 Å². The molecule has 0 unspecified atom stereocenters. The Kier molecular flexibility index (Phi) is 4.57. The molecule has 0 atom stereocenters. The van der Waals surface area contributed by atoms with Crippen molar-refractivity contribution >= 4 is 11.2 Å². The van der Waals surface area contributed by atoms with E-state index in [1.807, 2.05) is 18.3 Å². The predicted octanol–water partition coefficient (Wildman–Crippen LogP) is 2.90. The van der Waals surface area contributed by atoms with Gasteiger partial charge < -0.3 is 19.8 Å². The van der Waals surface area contributed by atoms with E-state index in [4.69, 9.17) is 9.47 Å². The van der Waals surface area contributed by atoms with Crippen LogP contribution in [0.25, 0.3) is 11.2 Å². The molecule has 1 aliphatic heterocycles. The maximum Gasteiger partial charge on any atom is 0.170 e. The Morgan fingerprint density at radius 3 is 2.88 bits per heavy atom. The number of ether oxygens (including phenoxy) is 2. The molecule has 26 heavy (non-hydrogen) atoms. The quantitative estimate of drug-likeness (QED) is 0.735. The van der Waals surface area contributed by atoms with E-state index in [1.54, 1.807) is 18.5 Å². The number of fused-ring (bicyclic) bond motifs is 1. The van der Waals surface area contributed by atoms with Gasteiger partial charge in [-0.2, -0.15) is 0 Å². The molecule has 2 aromatic heterocycles. The van der Waals surface area contributed by atoms with Crippen molar-refractivity contribution in [3.63, 3.8) is 0 Å². The number of nitrogens with zero attached hydrogens (tertiary/aromatic N) is 2. The summed E-state index contributed by atoms with van der Waals surface area (Å²) in [6, 6.07) is 5.29. The normalized spacial score (nSPS) is 16.7. The van der Waals surface area contributed by atoms with Crippen molar-refractivity contribution in [2.45, 2.75) is 24.9 Å². The lowest BCUT2D eigenvalue weighted by Crippen LogP contribution is -2.47. The van der Waals surface area contributed by atoms with Crippen molar-refractivity contribution in [3.05, 3.63) is 53.7 Å². The molecular weight excluding hydrogens is 335 g/mol. The summed E-state index contributed by atoms with van der Waals surface area (Å²) in [4.78, 5) is 11.8. The SMILES string of the molecule is COc1cccc(C2(NCc3c[nH]c4nccnc34)CCOCC2)c1F. The van der Waals surface area contributed by atoms with E-state index in [0.29, 0.717) is 38.2 Å². The summed E-state index contributed by atoms with van der Waals surface area (Å²) in [7, 11) is 1.48. The summed E-state index contributed by atoms with van der Waals surface area (Å²) in [6.45, 7) is 1.71. The van der Waals surface area contributed by atoms with Gasteiger partial charge >= 0.3 is 0 Å². The molecule has 1 aliphatic rings. The standard InChI is InChI=1S/C19H21FN4O2/c1-25-15-4-2-3-14(16(15)20)19(5-9-26-10-6-19)24-12-13-11-23-18-17(13)21-7-8-22-18/h2-4,7-8,11,24H,5-6,9-10,12H2,1H3,(H,22,23). The molecule has 0 aliphatic carbocycles. The monoisotopic (exact) mass is 356 g/mol. The molecule has 2 N–H and O–H groups in total. The van der Waals surface area contributed by atoms with E-state index < -0.39 is 5.54 Å². The van der Waals surface area contributed by atoms with Crippen molar-refractivity contribution < 1.29 is 13.9 Å². The Labute approximate surface area is 150 Å². The van der Waals surface area contributed by atoms with Crippen LogP contribution in [0.1, 0.15) is 24.0 Å². The maximum atomic E-state index is 15.0. The van der Waals surface area contributed by atoms with Crippen molar-refractivity contribution in [1.82, 2.24) is 20.3 Å². The fourth-order valence-electron chi connectivity index (χ4n) is 3.60. The fraction of sp³-hybridized carbons (Fsp3) is 0.368. The van der Waals surface area contributed by atoms with Gasteiger partial charge in [-0.25, -0.2) is 9.37 Å². The molecule has 1 fully saturated rings. The zero-order valence-electron chi connectivity index (χ0n) is 14.6. The first-order chi connectivity index (χ1) is 12.7. The summed E-state index contributed by atoms with van der Waals surface area (Å²) < 4.78 is 25.7. The molecule has 0 saturated carbocycles. The number of halogens is 1. The van der Waals surface area contributed by atoms with Gasteiger partial charge in [0.05, 0.1) is 12.6 Å². The summed E-state index contributed by atoms with van der Waals surface area (Å²) in [6.07, 6.45) is 6.59. The Balaban J connectivity index is 1.67. The number of hydrogen-bond donors (Lipinski definition) is 2. The van der Waals surface area contributed by atoms with Crippen molar-refractivity contribution in [3.8, 4) is 5.75 Å². The summed E-state index contributed by atoms with van der Waals surface area (Å²) in [5.41, 5.74) is 2.68. The highest BCUT2D eigenvalue weighted by molar-refractivity contribution is 5.74. The number of H-pyrrole nitrogens is 1. The average Bonchev–Trinajstić information content (AvgIpc) is 3.10. The molecule has 1 aromatic carbocycles. The van der Waals surface area contributed by atoms with Gasteiger partial charge in [0.15, 0.2) is 17.2 Å². The highest BCUT2D eigenvalue weighted by atomic mass is 19.1. The molecule has 6 nitrogen and oxygen atoms in total. The van der Waals surface area contributed by atoms with Gasteiger partial charge in [0.1, 0.15) is 5.52 Å². The van der Waals surface area contributed by atoms with Crippen molar-refractivity contribution in [2.24, 2.45) is 0 Å². The first-order valence-electron chi connectivity index (χ1n) is 8.66. The van der Waals surface area contributed by atoms with Crippen LogP contribution in [-0.2, 0) is 16.8 Å². The summed E-state index contributed by atoms with van der Waals surface area (Å²) >= 11 is 0. The highest BCUT2D eigenvalue weighted by Crippen LogP contribution is 2.37. The third-order valence-corrected chi connectivity index (χ3v) is 5.05. The Morgan fingerprint density at radius 2 is 2.08 bits per heavy atom. The highest BCUT2D eigenvalue weighted by Gasteiger charge is 2.37. The van der Waals surface area contributed by atoms with Crippen LogP contribution in [0.15, 0.2) is 36.8 Å². The zero-order chi connectivity index (χ0) is 18.0. The van der Waals surface area contributed by atoms with Gasteiger partial charge in [-0.3, -0.25) is 4.98 Å². The number of hydrogen-bond acceptors (Lipinski definition) is 5. The molecule has 4 rings (SSSR count). The molecule has 3 aromatic rings. The van der Waals surface area contributed by atoms with E-state index in [1.165, 1.54) is 7.11 Å². The van der Waals surface area contributed by atoms with Gasteiger partial charge in [-0.05, 0) is 18.9 Å². The lowest BCUT2D eigenvalue weighted by molar-refractivity contribution is 0.0342. The van der Waals surface area contributed by atoms with E-state index in [9.17, 15) is 4.39 Å². The zero-order valence-corrected chi connectivity index (χ0v) is 14.6. The van der Waals surface area contributed by atoms with Crippen LogP contribution in [0.3, 0.4) is 0 Å². The maximum absolute atomic E-state index is 15.0. The Morgan fingerprint density at radius 1 is 1.27 bits per heavy atom. The van der Waals surface area contributed by atoms with Gasteiger partial charge in [0.25, 0.3) is 0 Å². The number of aromatic amines is 1. The largest absolute Gasteiger partial charge is 0.494 e. The van der Waals surface area contributed by atoms with Crippen LogP contribution in [0, 0.1) is 5.82 Å². The molecule has 3 heterocycles. The molecule has 0 amide bonds. The van der Waals surface area contributed by atoms with E-state index >= 15 is 0 Å². The molecule has 0 bridgehead atoms. The van der Waals surface area contributed by atoms with E-state index in [-0.39, 0.29) is 11.6 Å². The lowest BCUT2D eigenvalue weighted by atomic mass is 9.82. The first kappa shape index (κ1) is 16.9. The van der Waals surface area contributed by atoms with Gasteiger partial charge in [0, 0.05) is 49.5 Å². The van der Waals surface area contributed by atoms with Crippen LogP contribution in [0.5, 0.6) is 5.75 Å². The van der Waals surface area contributed by atoms with Crippen LogP contribution >= 0.6 is 0 Å². The Hall–Kier alpha value is -2.51. The van der Waals surface area contributed by atoms with E-state index in [0.717, 1.165) is 16.7 Å². The minimum absolute atomic E-state index is 0.258. The third kappa shape index (κ3) is 2.93. The average molecular weight is 356 g/mol. The Bertz CT molecular complexity index is 905. The summed E-state index contributed by atoms with van der Waals surface area (Å²) in [5, 5.41) is 3.57. The fourth-order valence-corrected chi connectivity index (χ4v) is 3.60. The molecular formula is C19H21FN4O2. The number of methoxy groups -OCH3 is 1. The summed E-state index contributed by atoms with van der Waals surface area (Å²) in [5.74, 6) is -0.0590. The van der Waals surface area contributed by atoms with Crippen LogP contribution in [0.2, 0.25) is 0 Å². The molecule has 136 valence electrons. The minimum Gasteiger partial charge on any atom is -0.494 e. The topological polar surface area (TPSA) is 72.1 Å². The first-order valence-corrected chi connectivity index (χ1v) is 8.66. The number of aromatic nitrogens is 3. The van der Waals surface area contributed by atoms with Crippen molar-refractivity contribution in [2.75, 3.05) is 20.3 Å². The van der Waals surface area contributed by atoms with Crippen molar-refractivity contribution in [1.29, 1.82) is 0 Å². The third-order valence-electron chi connectivity index (χ3n) is 5.05. The number of nitrogens with one attached hydrogen (secondary N) is 2. The minimum atomic E-state index is -0.511. The lowest BCUT2D eigenvalue weighted by Gasteiger charge is -2.39. The number of rotatable bonds is 5. The predicted molar refractivity (Wildman–Crippen MR) is 95.4 cm³/mol. The molecule has 1 saturated heterocycles. The molecule has 0 spiro atoms. The smallest absolute Gasteiger partial charge is 0.170 e. The second-order valence-electron chi connectivity index (χ2n) is 6.44. The van der Waals surface area contributed by atoms with Crippen LogP contribution in [-0.4, -0.2) is 35.3 Å². The number of benzene rings is 1. The van der Waals surface area contributed by atoms with Gasteiger partial charge in [0.2, 0.25) is 0 Å². The second kappa shape index (κ2) is 7.01.